The van der Waals surface area contributed by atoms with Crippen molar-refractivity contribution in [3.8, 4) is 0 Å². The highest BCUT2D eigenvalue weighted by atomic mass is 35.5. The first-order chi connectivity index (χ1) is 12.6. The Balaban J connectivity index is 1.92. The van der Waals surface area contributed by atoms with Crippen molar-refractivity contribution in [2.45, 2.75) is 33.3 Å². The number of aryl methyl sites for hydroxylation is 1. The van der Waals surface area contributed by atoms with Crippen LogP contribution in [0.2, 0.25) is 5.02 Å². The lowest BCUT2D eigenvalue weighted by Gasteiger charge is -2.19. The molecule has 0 atom stereocenters. The van der Waals surface area contributed by atoms with Crippen molar-refractivity contribution in [1.82, 2.24) is 14.6 Å². The largest absolute Gasteiger partial charge is 0.444 e. The Morgan fingerprint density at radius 1 is 1.33 bits per heavy atom. The van der Waals surface area contributed by atoms with Crippen LogP contribution >= 0.6 is 11.6 Å². The standard InChI is InChI=1S/C18H19ClFN5O2/c1-10-14(24-17(26)27-18(2,3)4)8-25-15(10)16(21-9-22-25)23-11-5-6-13(20)12(19)7-11/h5-9H,1-4H3,(H,24,26)(H,21,22,23). The van der Waals surface area contributed by atoms with Crippen molar-refractivity contribution in [3.05, 3.63) is 47.1 Å². The van der Waals surface area contributed by atoms with Crippen LogP contribution in [0.3, 0.4) is 0 Å². The SMILES string of the molecule is Cc1c(NC(=O)OC(C)(C)C)cn2ncnc(Nc3ccc(F)c(Cl)c3)c12. The highest BCUT2D eigenvalue weighted by Gasteiger charge is 2.19. The van der Waals surface area contributed by atoms with Gasteiger partial charge in [0.15, 0.2) is 5.82 Å². The highest BCUT2D eigenvalue weighted by molar-refractivity contribution is 6.31. The number of nitrogens with one attached hydrogen (secondary N) is 2. The van der Waals surface area contributed by atoms with Crippen molar-refractivity contribution < 1.29 is 13.9 Å². The number of ether oxygens (including phenoxy) is 1. The Kier molecular flexibility index (Phi) is 4.93. The Labute approximate surface area is 160 Å². The van der Waals surface area contributed by atoms with Crippen molar-refractivity contribution in [2.75, 3.05) is 10.6 Å². The minimum absolute atomic E-state index is 0.00413. The molecule has 0 aliphatic carbocycles. The first-order valence-electron chi connectivity index (χ1n) is 8.19. The molecule has 0 fully saturated rings. The summed E-state index contributed by atoms with van der Waals surface area (Å²) in [6.07, 6.45) is 2.48. The summed E-state index contributed by atoms with van der Waals surface area (Å²) in [6, 6.07) is 4.29. The number of halogens is 2. The number of amides is 1. The van der Waals surface area contributed by atoms with E-state index in [0.29, 0.717) is 22.7 Å². The molecule has 3 aromatic rings. The van der Waals surface area contributed by atoms with Gasteiger partial charge < -0.3 is 10.1 Å². The number of anilines is 3. The first kappa shape index (κ1) is 18.9. The predicted octanol–water partition coefficient (Wildman–Crippen LogP) is 4.92. The van der Waals surface area contributed by atoms with Gasteiger partial charge in [-0.2, -0.15) is 5.10 Å². The lowest BCUT2D eigenvalue weighted by molar-refractivity contribution is 0.0636. The Hall–Kier alpha value is -2.87. The van der Waals surface area contributed by atoms with Gasteiger partial charge in [-0.25, -0.2) is 18.7 Å². The second-order valence-corrected chi connectivity index (χ2v) is 7.36. The number of nitrogens with zero attached hydrogens (tertiary/aromatic N) is 3. The van der Waals surface area contributed by atoms with Crippen molar-refractivity contribution in [2.24, 2.45) is 0 Å². The molecule has 3 rings (SSSR count). The molecule has 0 radical (unpaired) electrons. The normalized spacial score (nSPS) is 11.5. The lowest BCUT2D eigenvalue weighted by Crippen LogP contribution is -2.27. The van der Waals surface area contributed by atoms with Crippen molar-refractivity contribution in [1.29, 1.82) is 0 Å². The molecule has 2 aromatic heterocycles. The van der Waals surface area contributed by atoms with Gasteiger partial charge in [0.2, 0.25) is 0 Å². The molecular weight excluding hydrogens is 373 g/mol. The summed E-state index contributed by atoms with van der Waals surface area (Å²) in [6.45, 7) is 7.19. The Morgan fingerprint density at radius 3 is 2.74 bits per heavy atom. The summed E-state index contributed by atoms with van der Waals surface area (Å²) in [5.41, 5.74) is 1.92. The minimum Gasteiger partial charge on any atom is -0.444 e. The third-order valence-corrected chi connectivity index (χ3v) is 3.93. The van der Waals surface area contributed by atoms with Crippen LogP contribution in [0.4, 0.5) is 26.4 Å². The summed E-state index contributed by atoms with van der Waals surface area (Å²) < 4.78 is 20.2. The molecule has 1 aromatic carbocycles. The molecule has 0 aliphatic heterocycles. The average molecular weight is 392 g/mol. The van der Waals surface area contributed by atoms with E-state index in [9.17, 15) is 9.18 Å². The van der Waals surface area contributed by atoms with Crippen LogP contribution in [0.15, 0.2) is 30.7 Å². The van der Waals surface area contributed by atoms with E-state index in [0.717, 1.165) is 5.56 Å². The zero-order valence-corrected chi connectivity index (χ0v) is 16.1. The number of hydrogen-bond donors (Lipinski definition) is 2. The summed E-state index contributed by atoms with van der Waals surface area (Å²) >= 11 is 5.83. The molecule has 7 nitrogen and oxygen atoms in total. The van der Waals surface area contributed by atoms with Gasteiger partial charge in [-0.3, -0.25) is 5.32 Å². The van der Waals surface area contributed by atoms with Crippen LogP contribution in [0.5, 0.6) is 0 Å². The highest BCUT2D eigenvalue weighted by Crippen LogP contribution is 2.29. The third-order valence-electron chi connectivity index (χ3n) is 3.64. The van der Waals surface area contributed by atoms with Gasteiger partial charge in [-0.05, 0) is 45.9 Å². The van der Waals surface area contributed by atoms with E-state index in [-0.39, 0.29) is 5.02 Å². The maximum Gasteiger partial charge on any atom is 0.412 e. The maximum absolute atomic E-state index is 13.4. The van der Waals surface area contributed by atoms with Gasteiger partial charge >= 0.3 is 6.09 Å². The van der Waals surface area contributed by atoms with Crippen LogP contribution in [-0.2, 0) is 4.74 Å². The second-order valence-electron chi connectivity index (χ2n) is 6.95. The average Bonchev–Trinajstić information content (AvgIpc) is 2.86. The molecule has 1 amide bonds. The van der Waals surface area contributed by atoms with Crippen LogP contribution < -0.4 is 10.6 Å². The van der Waals surface area contributed by atoms with Gasteiger partial charge in [-0.15, -0.1) is 0 Å². The van der Waals surface area contributed by atoms with E-state index >= 15 is 0 Å². The monoisotopic (exact) mass is 391 g/mol. The van der Waals surface area contributed by atoms with E-state index in [1.807, 2.05) is 6.92 Å². The summed E-state index contributed by atoms with van der Waals surface area (Å²) in [7, 11) is 0. The van der Waals surface area contributed by atoms with E-state index in [1.54, 1.807) is 37.5 Å². The number of carbonyl (C=O) groups excluding carboxylic acids is 1. The Morgan fingerprint density at radius 2 is 2.07 bits per heavy atom. The fourth-order valence-corrected chi connectivity index (χ4v) is 2.68. The van der Waals surface area contributed by atoms with E-state index in [2.05, 4.69) is 20.7 Å². The molecule has 0 aliphatic rings. The van der Waals surface area contributed by atoms with Crippen LogP contribution in [0, 0.1) is 12.7 Å². The summed E-state index contributed by atoms with van der Waals surface area (Å²) in [5.74, 6) is -0.0137. The first-order valence-corrected chi connectivity index (χ1v) is 8.57. The van der Waals surface area contributed by atoms with Crippen molar-refractivity contribution >= 4 is 40.4 Å². The van der Waals surface area contributed by atoms with Gasteiger partial charge in [0, 0.05) is 11.3 Å². The van der Waals surface area contributed by atoms with Gasteiger partial charge in [0.1, 0.15) is 23.3 Å². The quantitative estimate of drug-likeness (QED) is 0.662. The van der Waals surface area contributed by atoms with Crippen molar-refractivity contribution in [3.63, 3.8) is 0 Å². The van der Waals surface area contributed by atoms with E-state index < -0.39 is 17.5 Å². The predicted molar refractivity (Wildman–Crippen MR) is 102 cm³/mol. The number of carbonyl (C=O) groups is 1. The number of aromatic nitrogens is 3. The smallest absolute Gasteiger partial charge is 0.412 e. The fraction of sp³-hybridized carbons (Fsp3) is 0.278. The molecule has 142 valence electrons. The molecule has 2 N–H and O–H groups in total. The number of hydrogen-bond acceptors (Lipinski definition) is 5. The van der Waals surface area contributed by atoms with Crippen LogP contribution in [0.1, 0.15) is 26.3 Å². The summed E-state index contributed by atoms with van der Waals surface area (Å²) in [4.78, 5) is 16.3. The molecule has 0 spiro atoms. The van der Waals surface area contributed by atoms with Crippen LogP contribution in [-0.4, -0.2) is 26.3 Å². The molecular formula is C18H19ClFN5O2. The topological polar surface area (TPSA) is 80.5 Å². The third kappa shape index (κ3) is 4.28. The molecule has 0 unspecified atom stereocenters. The molecule has 2 heterocycles. The molecule has 9 heteroatoms. The molecule has 27 heavy (non-hydrogen) atoms. The summed E-state index contributed by atoms with van der Waals surface area (Å²) in [5, 5.41) is 9.98. The lowest BCUT2D eigenvalue weighted by atomic mass is 10.2. The van der Waals surface area contributed by atoms with Crippen LogP contribution in [0.25, 0.3) is 5.52 Å². The van der Waals surface area contributed by atoms with E-state index in [1.165, 1.54) is 18.5 Å². The van der Waals surface area contributed by atoms with Gasteiger partial charge in [0.25, 0.3) is 0 Å². The number of rotatable bonds is 3. The minimum atomic E-state index is -0.606. The zero-order valence-electron chi connectivity index (χ0n) is 15.3. The van der Waals surface area contributed by atoms with Gasteiger partial charge in [0.05, 0.1) is 16.9 Å². The fourth-order valence-electron chi connectivity index (χ4n) is 2.50. The zero-order chi connectivity index (χ0) is 19.8. The molecule has 0 bridgehead atoms. The van der Waals surface area contributed by atoms with E-state index in [4.69, 9.17) is 16.3 Å². The Bertz CT molecular complexity index is 1010. The van der Waals surface area contributed by atoms with Gasteiger partial charge in [-0.1, -0.05) is 11.6 Å². The molecule has 0 saturated carbocycles. The molecule has 0 saturated heterocycles. The number of fused-ring (bicyclic) bond motifs is 1. The number of benzene rings is 1. The second kappa shape index (κ2) is 7.03. The maximum atomic E-state index is 13.4.